The summed E-state index contributed by atoms with van der Waals surface area (Å²) in [6, 6.07) is 8.05. The first-order chi connectivity index (χ1) is 22.5. The highest BCUT2D eigenvalue weighted by atomic mass is 16.4. The van der Waals surface area contributed by atoms with E-state index in [9.17, 15) is 19.6 Å². The molecule has 6 atom stereocenters. The van der Waals surface area contributed by atoms with Crippen molar-refractivity contribution in [1.82, 2.24) is 30.2 Å². The maximum Gasteiger partial charge on any atom is 0.253 e. The highest BCUT2D eigenvalue weighted by Gasteiger charge is 2.54. The minimum Gasteiger partial charge on any atom is -0.424 e. The molecule has 248 valence electrons. The molecular weight excluding hydrogens is 594 g/mol. The first-order valence-electron chi connectivity index (χ1n) is 16.7. The van der Waals surface area contributed by atoms with E-state index in [-0.39, 0.29) is 54.1 Å². The van der Waals surface area contributed by atoms with Gasteiger partial charge in [0.25, 0.3) is 11.8 Å². The van der Waals surface area contributed by atoms with Crippen molar-refractivity contribution < 1.29 is 18.8 Å². The van der Waals surface area contributed by atoms with Crippen LogP contribution in [0.25, 0.3) is 0 Å². The van der Waals surface area contributed by atoms with Crippen LogP contribution < -0.4 is 5.32 Å². The van der Waals surface area contributed by atoms with E-state index in [2.05, 4.69) is 33.7 Å². The molecular formula is C36H45N7O4. The van der Waals surface area contributed by atoms with Gasteiger partial charge in [-0.1, -0.05) is 38.1 Å². The summed E-state index contributed by atoms with van der Waals surface area (Å²) in [5, 5.41) is 22.2. The van der Waals surface area contributed by atoms with E-state index in [1.807, 2.05) is 38.1 Å². The molecule has 0 spiro atoms. The summed E-state index contributed by atoms with van der Waals surface area (Å²) in [6.07, 6.45) is 9.85. The molecule has 2 heterocycles. The molecule has 4 aliphatic rings. The first kappa shape index (κ1) is 32.6. The molecule has 1 aliphatic heterocycles. The van der Waals surface area contributed by atoms with Crippen molar-refractivity contribution in [2.24, 2.45) is 17.8 Å². The summed E-state index contributed by atoms with van der Waals surface area (Å²) in [4.78, 5) is 44.4. The van der Waals surface area contributed by atoms with Gasteiger partial charge in [-0.3, -0.25) is 14.4 Å². The van der Waals surface area contributed by atoms with Gasteiger partial charge in [-0.05, 0) is 73.7 Å². The third-order valence-electron chi connectivity index (χ3n) is 10.4. The van der Waals surface area contributed by atoms with Crippen molar-refractivity contribution >= 4 is 17.7 Å². The Morgan fingerprint density at radius 2 is 1.89 bits per heavy atom. The molecule has 2 aromatic rings. The number of nitriles is 1. The smallest absolute Gasteiger partial charge is 0.253 e. The molecule has 1 saturated carbocycles. The molecule has 2 fully saturated rings. The van der Waals surface area contributed by atoms with Gasteiger partial charge in [0, 0.05) is 57.2 Å². The number of benzene rings is 1. The number of fused-ring (bicyclic) bond motifs is 3. The monoisotopic (exact) mass is 639 g/mol. The standard InChI is InChI=1S/C36H45N7O4/c1-21(2)32-39-40-35(47-32)36(13-14-38-20-31(44)43-27(19-37)17-26-18-30(26)43)28-11-9-24(33(45)41(3)4)15-22(28)7-8-23-16-25(10-12-29(23)36)34(46)42(5)6/h9-12,15-16,21-22,26-28,30,38H,7-8,13-14,17-18,20H2,1-6H3/t22?,26-,27?,28?,30+,36?/m1/s1. The Balaban J connectivity index is 1.40. The van der Waals surface area contributed by atoms with Crippen molar-refractivity contribution in [2.75, 3.05) is 41.3 Å². The van der Waals surface area contributed by atoms with Gasteiger partial charge in [0.2, 0.25) is 17.7 Å². The molecule has 1 N–H and O–H groups in total. The second kappa shape index (κ2) is 12.7. The fraction of sp³-hybridized carbons (Fsp3) is 0.556. The Labute approximate surface area is 276 Å². The van der Waals surface area contributed by atoms with Crippen molar-refractivity contribution in [2.45, 2.75) is 69.4 Å². The number of carbonyl (C=O) groups excluding carboxylic acids is 3. The molecule has 47 heavy (non-hydrogen) atoms. The van der Waals surface area contributed by atoms with E-state index in [1.54, 1.807) is 42.9 Å². The summed E-state index contributed by atoms with van der Waals surface area (Å²) in [5.41, 5.74) is 2.49. The lowest BCUT2D eigenvalue weighted by Crippen LogP contribution is -2.45. The number of nitrogens with one attached hydrogen (secondary N) is 1. The molecule has 3 amide bonds. The number of piperidine rings is 1. The van der Waals surface area contributed by atoms with E-state index in [4.69, 9.17) is 4.42 Å². The van der Waals surface area contributed by atoms with Crippen molar-refractivity contribution in [1.29, 1.82) is 5.26 Å². The fourth-order valence-electron chi connectivity index (χ4n) is 7.88. The Bertz CT molecular complexity index is 1670. The number of amides is 3. The molecule has 1 saturated heterocycles. The predicted molar refractivity (Wildman–Crippen MR) is 175 cm³/mol. The van der Waals surface area contributed by atoms with E-state index in [0.29, 0.717) is 48.2 Å². The van der Waals surface area contributed by atoms with Crippen LogP contribution in [0.2, 0.25) is 0 Å². The van der Waals surface area contributed by atoms with Crippen molar-refractivity contribution in [3.05, 3.63) is 70.5 Å². The third-order valence-corrected chi connectivity index (χ3v) is 10.4. The average Bonchev–Trinajstić information content (AvgIpc) is 3.47. The van der Waals surface area contributed by atoms with Gasteiger partial charge >= 0.3 is 0 Å². The number of allylic oxidation sites excluding steroid dienone is 2. The lowest BCUT2D eigenvalue weighted by molar-refractivity contribution is -0.131. The number of likely N-dealkylation sites (tertiary alicyclic amines) is 1. The highest BCUT2D eigenvalue weighted by molar-refractivity contribution is 5.96. The molecule has 6 rings (SSSR count). The highest BCUT2D eigenvalue weighted by Crippen LogP contribution is 2.52. The topological polar surface area (TPSA) is 136 Å². The Kier molecular flexibility index (Phi) is 8.83. The number of rotatable bonds is 9. The van der Waals surface area contributed by atoms with Crippen molar-refractivity contribution in [3.8, 4) is 6.07 Å². The van der Waals surface area contributed by atoms with E-state index >= 15 is 0 Å². The van der Waals surface area contributed by atoms with Crippen LogP contribution in [0.15, 0.2) is 46.4 Å². The second-order valence-electron chi connectivity index (χ2n) is 14.2. The average molecular weight is 640 g/mol. The van der Waals surface area contributed by atoms with Crippen LogP contribution >= 0.6 is 0 Å². The number of nitrogens with zero attached hydrogens (tertiary/aromatic N) is 6. The number of aromatic nitrogens is 2. The molecule has 3 aliphatic carbocycles. The Morgan fingerprint density at radius 1 is 1.13 bits per heavy atom. The normalized spacial score (nSPS) is 27.2. The quantitative estimate of drug-likeness (QED) is 0.413. The third kappa shape index (κ3) is 5.88. The van der Waals surface area contributed by atoms with Gasteiger partial charge in [-0.15, -0.1) is 10.2 Å². The molecule has 11 nitrogen and oxygen atoms in total. The number of hydrogen-bond donors (Lipinski definition) is 1. The van der Waals surface area contributed by atoms with Gasteiger partial charge in [0.15, 0.2) is 0 Å². The zero-order chi connectivity index (χ0) is 33.6. The number of carbonyl (C=O) groups is 3. The summed E-state index contributed by atoms with van der Waals surface area (Å²) >= 11 is 0. The Morgan fingerprint density at radius 3 is 2.57 bits per heavy atom. The summed E-state index contributed by atoms with van der Waals surface area (Å²) in [5.74, 6) is 1.18. The van der Waals surface area contributed by atoms with Crippen LogP contribution in [-0.2, 0) is 21.4 Å². The molecule has 11 heteroatoms. The minimum atomic E-state index is -0.809. The number of hydrogen-bond acceptors (Lipinski definition) is 8. The van der Waals surface area contributed by atoms with Crippen LogP contribution in [0.3, 0.4) is 0 Å². The maximum absolute atomic E-state index is 13.3. The van der Waals surface area contributed by atoms with Gasteiger partial charge in [-0.2, -0.15) is 5.26 Å². The second-order valence-corrected chi connectivity index (χ2v) is 14.2. The van der Waals surface area contributed by atoms with E-state index < -0.39 is 5.41 Å². The summed E-state index contributed by atoms with van der Waals surface area (Å²) in [7, 11) is 7.00. The number of aryl methyl sites for hydroxylation is 1. The lowest BCUT2D eigenvalue weighted by Gasteiger charge is -2.41. The predicted octanol–water partition coefficient (Wildman–Crippen LogP) is 3.44. The van der Waals surface area contributed by atoms with Gasteiger partial charge < -0.3 is 24.4 Å². The summed E-state index contributed by atoms with van der Waals surface area (Å²) in [6.45, 7) is 4.62. The van der Waals surface area contributed by atoms with E-state index in [1.165, 1.54) is 0 Å². The zero-order valence-electron chi connectivity index (χ0n) is 28.2. The minimum absolute atomic E-state index is 0.0241. The van der Waals surface area contributed by atoms with Gasteiger partial charge in [0.1, 0.15) is 6.04 Å². The molecule has 4 unspecified atom stereocenters. The number of likely N-dealkylation sites (N-methyl/N-ethyl adjacent to an activating group) is 1. The van der Waals surface area contributed by atoms with E-state index in [0.717, 1.165) is 30.4 Å². The molecule has 1 aromatic carbocycles. The van der Waals surface area contributed by atoms with Gasteiger partial charge in [-0.25, -0.2) is 0 Å². The Hall–Kier alpha value is -4.30. The zero-order valence-corrected chi connectivity index (χ0v) is 28.2. The molecule has 1 aromatic heterocycles. The SMILES string of the molecule is CC(C)c1nnc(C2(CCNCC(=O)N3C(C#N)C[C@@H]4C[C@@H]43)c3ccc(C(=O)N(C)C)cc3CCC3C=C(C(=O)N(C)C)C=CC32)o1. The van der Waals surface area contributed by atoms with Crippen LogP contribution in [0.5, 0.6) is 0 Å². The maximum atomic E-state index is 13.3. The largest absolute Gasteiger partial charge is 0.424 e. The lowest BCUT2D eigenvalue weighted by atomic mass is 9.62. The first-order valence-corrected chi connectivity index (χ1v) is 16.7. The molecule has 0 bridgehead atoms. The van der Waals surface area contributed by atoms with Crippen molar-refractivity contribution in [3.63, 3.8) is 0 Å². The molecule has 0 radical (unpaired) electrons. The van der Waals surface area contributed by atoms with Crippen LogP contribution in [0.1, 0.15) is 78.7 Å². The van der Waals surface area contributed by atoms with Gasteiger partial charge in [0.05, 0.1) is 18.0 Å². The van der Waals surface area contributed by atoms with Crippen LogP contribution in [0.4, 0.5) is 0 Å². The van der Waals surface area contributed by atoms with Crippen LogP contribution in [0, 0.1) is 29.1 Å². The summed E-state index contributed by atoms with van der Waals surface area (Å²) < 4.78 is 6.52. The van der Waals surface area contributed by atoms with Crippen LogP contribution in [-0.4, -0.2) is 96.0 Å². The fourth-order valence-corrected chi connectivity index (χ4v) is 7.88.